The van der Waals surface area contributed by atoms with Gasteiger partial charge in [-0.3, -0.25) is 0 Å². The molecule has 20 heavy (non-hydrogen) atoms. The number of pyridine rings is 1. The molecule has 1 aliphatic carbocycles. The molecule has 4 rings (SSSR count). The molecular weight excluding hydrogens is 312 g/mol. The predicted molar refractivity (Wildman–Crippen MR) is 85.1 cm³/mol. The molecule has 0 bridgehead atoms. The van der Waals surface area contributed by atoms with Crippen molar-refractivity contribution < 1.29 is 0 Å². The summed E-state index contributed by atoms with van der Waals surface area (Å²) in [5.74, 6) is 0. The number of hydrogen-bond donors (Lipinski definition) is 0. The largest absolute Gasteiger partial charge is 0.302 e. The second-order valence-electron chi connectivity index (χ2n) is 6.09. The van der Waals surface area contributed by atoms with Gasteiger partial charge in [-0.1, -0.05) is 38.1 Å². The van der Waals surface area contributed by atoms with Crippen LogP contribution in [0.1, 0.15) is 25.1 Å². The van der Waals surface area contributed by atoms with E-state index in [4.69, 9.17) is 4.98 Å². The molecule has 0 amide bonds. The van der Waals surface area contributed by atoms with Crippen molar-refractivity contribution in [2.45, 2.75) is 25.7 Å². The Morgan fingerprint density at radius 3 is 2.80 bits per heavy atom. The van der Waals surface area contributed by atoms with Crippen LogP contribution in [0, 0.1) is 0 Å². The zero-order valence-electron chi connectivity index (χ0n) is 11.5. The van der Waals surface area contributed by atoms with E-state index in [2.05, 4.69) is 70.7 Å². The molecule has 0 radical (unpaired) electrons. The molecule has 1 aromatic carbocycles. The summed E-state index contributed by atoms with van der Waals surface area (Å²) in [4.78, 5) is 4.84. The summed E-state index contributed by atoms with van der Waals surface area (Å²) in [6.07, 6.45) is 3.13. The van der Waals surface area contributed by atoms with Crippen molar-refractivity contribution in [3.8, 4) is 11.3 Å². The number of imidazole rings is 1. The normalized spacial score (nSPS) is 15.9. The van der Waals surface area contributed by atoms with Gasteiger partial charge in [0.2, 0.25) is 0 Å². The van der Waals surface area contributed by atoms with E-state index >= 15 is 0 Å². The lowest BCUT2D eigenvalue weighted by Gasteiger charge is -2.32. The lowest BCUT2D eigenvalue weighted by atomic mass is 9.73. The second-order valence-corrected chi connectivity index (χ2v) is 7.00. The van der Waals surface area contributed by atoms with Gasteiger partial charge in [-0.25, -0.2) is 4.98 Å². The lowest BCUT2D eigenvalue weighted by Crippen LogP contribution is -2.26. The molecule has 100 valence electrons. The first-order valence-electron chi connectivity index (χ1n) is 6.83. The lowest BCUT2D eigenvalue weighted by molar-refractivity contribution is 0.507. The minimum atomic E-state index is 0.141. The van der Waals surface area contributed by atoms with E-state index in [1.54, 1.807) is 0 Å². The zero-order chi connectivity index (χ0) is 13.9. The van der Waals surface area contributed by atoms with Gasteiger partial charge < -0.3 is 4.40 Å². The van der Waals surface area contributed by atoms with Gasteiger partial charge in [-0.2, -0.15) is 0 Å². The molecule has 0 unspecified atom stereocenters. The summed E-state index contributed by atoms with van der Waals surface area (Å²) in [6.45, 7) is 4.62. The first-order valence-corrected chi connectivity index (χ1v) is 7.62. The molecule has 1 aliphatic rings. The number of benzene rings is 1. The van der Waals surface area contributed by atoms with Crippen LogP contribution in [0.2, 0.25) is 0 Å². The molecule has 2 aromatic heterocycles. The van der Waals surface area contributed by atoms with Crippen molar-refractivity contribution in [1.29, 1.82) is 0 Å². The quantitative estimate of drug-likeness (QED) is 0.590. The maximum absolute atomic E-state index is 4.84. The fourth-order valence-electron chi connectivity index (χ4n) is 3.25. The Bertz CT molecular complexity index is 830. The average molecular weight is 327 g/mol. The minimum absolute atomic E-state index is 0.141. The summed E-state index contributed by atoms with van der Waals surface area (Å²) >= 11 is 3.56. The Morgan fingerprint density at radius 2 is 1.95 bits per heavy atom. The maximum Gasteiger partial charge on any atom is 0.137 e. The summed E-state index contributed by atoms with van der Waals surface area (Å²) < 4.78 is 3.30. The SMILES string of the molecule is CC1(C)Cc2c(nc3ccc(Br)cn23)-c2ccccc21. The third kappa shape index (κ3) is 1.59. The van der Waals surface area contributed by atoms with Crippen LogP contribution in [0.15, 0.2) is 47.1 Å². The van der Waals surface area contributed by atoms with Crippen LogP contribution < -0.4 is 0 Å². The third-order valence-electron chi connectivity index (χ3n) is 4.20. The standard InChI is InChI=1S/C17H15BrN2/c1-17(2)9-14-16(12-5-3-4-6-13(12)17)19-15-8-7-11(18)10-20(14)15/h3-8,10H,9H2,1-2H3. The van der Waals surface area contributed by atoms with Crippen LogP contribution in [0.3, 0.4) is 0 Å². The van der Waals surface area contributed by atoms with Crippen molar-refractivity contribution >= 4 is 21.6 Å². The summed E-state index contributed by atoms with van der Waals surface area (Å²) in [5, 5.41) is 0. The molecule has 2 nitrogen and oxygen atoms in total. The van der Waals surface area contributed by atoms with Gasteiger partial charge in [0.15, 0.2) is 0 Å². The molecule has 2 heterocycles. The van der Waals surface area contributed by atoms with Crippen LogP contribution in [0.4, 0.5) is 0 Å². The van der Waals surface area contributed by atoms with Crippen molar-refractivity contribution in [3.63, 3.8) is 0 Å². The fourth-order valence-corrected chi connectivity index (χ4v) is 3.58. The highest BCUT2D eigenvalue weighted by atomic mass is 79.9. The average Bonchev–Trinajstić information content (AvgIpc) is 2.77. The Hall–Kier alpha value is -1.61. The first kappa shape index (κ1) is 12.2. The van der Waals surface area contributed by atoms with Crippen molar-refractivity contribution in [2.24, 2.45) is 0 Å². The van der Waals surface area contributed by atoms with Crippen LogP contribution in [0.25, 0.3) is 16.9 Å². The van der Waals surface area contributed by atoms with E-state index in [-0.39, 0.29) is 5.41 Å². The molecule has 0 N–H and O–H groups in total. The molecule has 0 saturated heterocycles. The molecule has 0 spiro atoms. The molecule has 0 fully saturated rings. The smallest absolute Gasteiger partial charge is 0.137 e. The Labute approximate surface area is 126 Å². The highest BCUT2D eigenvalue weighted by Crippen LogP contribution is 2.42. The van der Waals surface area contributed by atoms with Crippen LogP contribution in [-0.4, -0.2) is 9.38 Å². The van der Waals surface area contributed by atoms with Crippen molar-refractivity contribution in [2.75, 3.05) is 0 Å². The Kier molecular flexibility index (Phi) is 2.40. The number of rotatable bonds is 0. The molecule has 0 saturated carbocycles. The third-order valence-corrected chi connectivity index (χ3v) is 4.67. The summed E-state index contributed by atoms with van der Waals surface area (Å²) in [7, 11) is 0. The second kappa shape index (κ2) is 3.95. The van der Waals surface area contributed by atoms with E-state index < -0.39 is 0 Å². The van der Waals surface area contributed by atoms with E-state index in [0.29, 0.717) is 0 Å². The van der Waals surface area contributed by atoms with Gasteiger partial charge in [-0.05, 0) is 45.5 Å². The number of aromatic nitrogens is 2. The molecule has 0 aliphatic heterocycles. The Balaban J connectivity index is 2.11. The maximum atomic E-state index is 4.84. The van der Waals surface area contributed by atoms with E-state index in [1.165, 1.54) is 16.8 Å². The van der Waals surface area contributed by atoms with Gasteiger partial charge in [0.25, 0.3) is 0 Å². The number of fused-ring (bicyclic) bond motifs is 5. The minimum Gasteiger partial charge on any atom is -0.302 e. The van der Waals surface area contributed by atoms with Gasteiger partial charge in [0.05, 0.1) is 11.4 Å². The Morgan fingerprint density at radius 1 is 1.15 bits per heavy atom. The van der Waals surface area contributed by atoms with Gasteiger partial charge in [-0.15, -0.1) is 0 Å². The number of nitrogens with zero attached hydrogens (tertiary/aromatic N) is 2. The molecule has 0 atom stereocenters. The highest BCUT2D eigenvalue weighted by Gasteiger charge is 2.33. The van der Waals surface area contributed by atoms with E-state index in [0.717, 1.165) is 22.2 Å². The monoisotopic (exact) mass is 326 g/mol. The number of hydrogen-bond acceptors (Lipinski definition) is 1. The fraction of sp³-hybridized carbons (Fsp3) is 0.235. The first-order chi connectivity index (χ1) is 9.56. The van der Waals surface area contributed by atoms with E-state index in [9.17, 15) is 0 Å². The van der Waals surface area contributed by atoms with Crippen molar-refractivity contribution in [3.05, 3.63) is 58.3 Å². The zero-order valence-corrected chi connectivity index (χ0v) is 13.1. The van der Waals surface area contributed by atoms with Gasteiger partial charge >= 0.3 is 0 Å². The molecular formula is C17H15BrN2. The predicted octanol–water partition coefficient (Wildman–Crippen LogP) is 4.60. The van der Waals surface area contributed by atoms with E-state index in [1.807, 2.05) is 6.07 Å². The highest BCUT2D eigenvalue weighted by molar-refractivity contribution is 9.10. The van der Waals surface area contributed by atoms with Crippen molar-refractivity contribution in [1.82, 2.24) is 9.38 Å². The summed E-state index contributed by atoms with van der Waals surface area (Å²) in [5.41, 5.74) is 6.28. The number of halogens is 1. The molecule has 3 heteroatoms. The topological polar surface area (TPSA) is 17.3 Å². The van der Waals surface area contributed by atoms with Gasteiger partial charge in [0.1, 0.15) is 5.65 Å². The molecule has 3 aromatic rings. The van der Waals surface area contributed by atoms with Gasteiger partial charge in [0, 0.05) is 16.2 Å². The van der Waals surface area contributed by atoms with Crippen LogP contribution in [-0.2, 0) is 11.8 Å². The van der Waals surface area contributed by atoms with Crippen LogP contribution >= 0.6 is 15.9 Å². The van der Waals surface area contributed by atoms with Crippen LogP contribution in [0.5, 0.6) is 0 Å². The summed E-state index contributed by atoms with van der Waals surface area (Å²) in [6, 6.07) is 12.8.